The Balaban J connectivity index is 1.35. The monoisotopic (exact) mass is 465 g/mol. The summed E-state index contributed by atoms with van der Waals surface area (Å²) < 4.78 is 15.2. The smallest absolute Gasteiger partial charge is 0.414 e. The molecular formula is C24H23N3O7. The van der Waals surface area contributed by atoms with Crippen LogP contribution < -0.4 is 10.6 Å². The molecule has 10 nitrogen and oxygen atoms in total. The summed E-state index contributed by atoms with van der Waals surface area (Å²) in [7, 11) is 1.43. The zero-order valence-electron chi connectivity index (χ0n) is 18.3. The van der Waals surface area contributed by atoms with Crippen molar-refractivity contribution in [3.05, 3.63) is 71.4 Å². The number of ether oxygens (including phenoxy) is 2. The number of amides is 2. The molecule has 10 heteroatoms. The van der Waals surface area contributed by atoms with Gasteiger partial charge >= 0.3 is 12.1 Å². The Bertz CT molecular complexity index is 1160. The van der Waals surface area contributed by atoms with Gasteiger partial charge in [0.1, 0.15) is 12.6 Å². The Morgan fingerprint density at radius 3 is 2.35 bits per heavy atom. The number of fused-ring (bicyclic) bond motifs is 3. The first-order chi connectivity index (χ1) is 16.5. The molecule has 34 heavy (non-hydrogen) atoms. The number of hydrogen-bond donors (Lipinski definition) is 3. The van der Waals surface area contributed by atoms with E-state index in [0.717, 1.165) is 22.3 Å². The molecule has 4 rings (SSSR count). The molecule has 1 atom stereocenters. The molecule has 1 aliphatic rings. The van der Waals surface area contributed by atoms with Gasteiger partial charge in [-0.1, -0.05) is 53.7 Å². The first-order valence-electron chi connectivity index (χ1n) is 10.6. The maximum atomic E-state index is 12.3. The highest BCUT2D eigenvalue weighted by Gasteiger charge is 2.29. The van der Waals surface area contributed by atoms with E-state index in [1.165, 1.54) is 13.2 Å². The SMILES string of the molecule is COCCC(NC(=O)c1cc(NC(=O)OCC2c3ccccc3-c3ccccc32)on1)C(=O)O. The first kappa shape index (κ1) is 23.0. The molecule has 1 aromatic heterocycles. The van der Waals surface area contributed by atoms with Crippen LogP contribution in [0.5, 0.6) is 0 Å². The summed E-state index contributed by atoms with van der Waals surface area (Å²) in [5, 5.41) is 17.5. The van der Waals surface area contributed by atoms with E-state index in [1.807, 2.05) is 48.5 Å². The fourth-order valence-electron chi connectivity index (χ4n) is 3.90. The second-order valence-corrected chi connectivity index (χ2v) is 7.67. The van der Waals surface area contributed by atoms with Crippen molar-refractivity contribution in [1.82, 2.24) is 10.5 Å². The maximum absolute atomic E-state index is 12.3. The van der Waals surface area contributed by atoms with Crippen molar-refractivity contribution >= 4 is 23.9 Å². The van der Waals surface area contributed by atoms with E-state index in [1.54, 1.807) is 0 Å². The zero-order valence-corrected chi connectivity index (χ0v) is 18.3. The van der Waals surface area contributed by atoms with Crippen LogP contribution in [-0.2, 0) is 14.3 Å². The Morgan fingerprint density at radius 1 is 1.09 bits per heavy atom. The van der Waals surface area contributed by atoms with E-state index >= 15 is 0 Å². The Hall–Kier alpha value is -4.18. The van der Waals surface area contributed by atoms with Crippen molar-refractivity contribution in [3.8, 4) is 11.1 Å². The summed E-state index contributed by atoms with van der Waals surface area (Å²) in [6.45, 7) is 0.270. The number of rotatable bonds is 9. The number of aromatic nitrogens is 1. The van der Waals surface area contributed by atoms with Gasteiger partial charge in [0.25, 0.3) is 5.91 Å². The van der Waals surface area contributed by atoms with Crippen molar-refractivity contribution in [2.45, 2.75) is 18.4 Å². The number of anilines is 1. The Labute approximate surface area is 194 Å². The first-order valence-corrected chi connectivity index (χ1v) is 10.6. The van der Waals surface area contributed by atoms with Crippen LogP contribution in [0.15, 0.2) is 59.1 Å². The van der Waals surface area contributed by atoms with Crippen LogP contribution in [0.4, 0.5) is 10.7 Å². The minimum atomic E-state index is -1.20. The highest BCUT2D eigenvalue weighted by Crippen LogP contribution is 2.44. The quantitative estimate of drug-likeness (QED) is 0.437. The second kappa shape index (κ2) is 10.2. The average Bonchev–Trinajstić information content (AvgIpc) is 3.43. The molecule has 176 valence electrons. The zero-order chi connectivity index (χ0) is 24.1. The molecule has 0 radical (unpaired) electrons. The highest BCUT2D eigenvalue weighted by atomic mass is 16.6. The highest BCUT2D eigenvalue weighted by molar-refractivity contribution is 5.96. The number of carbonyl (C=O) groups is 3. The van der Waals surface area contributed by atoms with Crippen LogP contribution in [0.3, 0.4) is 0 Å². The Morgan fingerprint density at radius 2 is 1.74 bits per heavy atom. The third-order valence-corrected chi connectivity index (χ3v) is 5.53. The van der Waals surface area contributed by atoms with E-state index < -0.39 is 24.0 Å². The van der Waals surface area contributed by atoms with Gasteiger partial charge in [0, 0.05) is 32.1 Å². The lowest BCUT2D eigenvalue weighted by atomic mass is 9.98. The lowest BCUT2D eigenvalue weighted by Crippen LogP contribution is -2.41. The number of hydrogen-bond acceptors (Lipinski definition) is 7. The van der Waals surface area contributed by atoms with Gasteiger partial charge in [-0.3, -0.25) is 10.1 Å². The normalized spacial score (nSPS) is 13.0. The van der Waals surface area contributed by atoms with Gasteiger partial charge in [-0.15, -0.1) is 0 Å². The molecule has 2 aromatic carbocycles. The van der Waals surface area contributed by atoms with Crippen molar-refractivity contribution in [2.75, 3.05) is 25.6 Å². The lowest BCUT2D eigenvalue weighted by Gasteiger charge is -2.14. The molecule has 0 saturated heterocycles. The van der Waals surface area contributed by atoms with Gasteiger partial charge in [0.05, 0.1) is 0 Å². The molecule has 2 amide bonds. The number of carboxylic acids is 1. The van der Waals surface area contributed by atoms with Crippen LogP contribution in [0.1, 0.15) is 34.0 Å². The summed E-state index contributed by atoms with van der Waals surface area (Å²) >= 11 is 0. The topological polar surface area (TPSA) is 140 Å². The third kappa shape index (κ3) is 4.91. The average molecular weight is 465 g/mol. The number of carboxylic acid groups (broad SMARTS) is 1. The predicted molar refractivity (Wildman–Crippen MR) is 121 cm³/mol. The number of aliphatic carboxylic acids is 1. The standard InChI is InChI=1S/C24H23N3O7/c1-32-11-10-19(23(29)30)25-22(28)20-12-21(34-27-20)26-24(31)33-13-18-16-8-4-2-6-14(16)15-7-3-5-9-17(15)18/h2-9,12,18-19H,10-11,13H2,1H3,(H,25,28)(H,26,31)(H,29,30). The van der Waals surface area contributed by atoms with Gasteiger partial charge in [0.15, 0.2) is 5.69 Å². The molecule has 1 unspecified atom stereocenters. The van der Waals surface area contributed by atoms with Crippen LogP contribution in [0.25, 0.3) is 11.1 Å². The van der Waals surface area contributed by atoms with E-state index in [0.29, 0.717) is 0 Å². The second-order valence-electron chi connectivity index (χ2n) is 7.67. The van der Waals surface area contributed by atoms with Crippen LogP contribution in [0.2, 0.25) is 0 Å². The van der Waals surface area contributed by atoms with Gasteiger partial charge in [-0.2, -0.15) is 0 Å². The lowest BCUT2D eigenvalue weighted by molar-refractivity contribution is -0.139. The molecule has 1 aliphatic carbocycles. The van der Waals surface area contributed by atoms with Crippen LogP contribution in [0, 0.1) is 0 Å². The molecule has 0 fully saturated rings. The summed E-state index contributed by atoms with van der Waals surface area (Å²) in [5.41, 5.74) is 4.21. The summed E-state index contributed by atoms with van der Waals surface area (Å²) in [6.07, 6.45) is -0.686. The summed E-state index contributed by atoms with van der Waals surface area (Å²) in [4.78, 5) is 35.9. The van der Waals surface area contributed by atoms with E-state index in [2.05, 4.69) is 15.8 Å². The van der Waals surface area contributed by atoms with Crippen molar-refractivity contribution in [1.29, 1.82) is 0 Å². The number of carbonyl (C=O) groups excluding carboxylic acids is 2. The van der Waals surface area contributed by atoms with E-state index in [4.69, 9.17) is 14.0 Å². The van der Waals surface area contributed by atoms with Crippen LogP contribution in [-0.4, -0.2) is 54.6 Å². The molecule has 1 heterocycles. The minimum absolute atomic E-state index is 0.0836. The van der Waals surface area contributed by atoms with Gasteiger partial charge in [-0.05, 0) is 22.3 Å². The predicted octanol–water partition coefficient (Wildman–Crippen LogP) is 3.26. The van der Waals surface area contributed by atoms with E-state index in [-0.39, 0.29) is 37.1 Å². The maximum Gasteiger partial charge on any atom is 0.414 e. The van der Waals surface area contributed by atoms with Crippen molar-refractivity contribution < 1.29 is 33.5 Å². The van der Waals surface area contributed by atoms with E-state index in [9.17, 15) is 19.5 Å². The molecule has 3 N–H and O–H groups in total. The molecule has 3 aromatic rings. The molecule has 0 saturated carbocycles. The van der Waals surface area contributed by atoms with Gasteiger partial charge < -0.3 is 24.4 Å². The van der Waals surface area contributed by atoms with Gasteiger partial charge in [-0.25, -0.2) is 9.59 Å². The fraction of sp³-hybridized carbons (Fsp3) is 0.250. The number of nitrogens with one attached hydrogen (secondary N) is 2. The minimum Gasteiger partial charge on any atom is -0.480 e. The third-order valence-electron chi connectivity index (χ3n) is 5.53. The number of methoxy groups -OCH3 is 1. The van der Waals surface area contributed by atoms with Crippen molar-refractivity contribution in [2.24, 2.45) is 0 Å². The molecule has 0 aliphatic heterocycles. The number of nitrogens with zero attached hydrogens (tertiary/aromatic N) is 1. The Kier molecular flexibility index (Phi) is 6.88. The largest absolute Gasteiger partial charge is 0.480 e. The molecule has 0 bridgehead atoms. The summed E-state index contributed by atoms with van der Waals surface area (Å²) in [6, 6.07) is 16.0. The number of benzene rings is 2. The van der Waals surface area contributed by atoms with Crippen LogP contribution >= 0.6 is 0 Å². The van der Waals surface area contributed by atoms with Crippen molar-refractivity contribution in [3.63, 3.8) is 0 Å². The molecule has 0 spiro atoms. The molecular weight excluding hydrogens is 442 g/mol. The fourth-order valence-corrected chi connectivity index (χ4v) is 3.90. The van der Waals surface area contributed by atoms with Gasteiger partial charge in [0.2, 0.25) is 5.88 Å². The summed E-state index contributed by atoms with van der Waals surface area (Å²) in [5.74, 6) is -2.17.